The summed E-state index contributed by atoms with van der Waals surface area (Å²) < 4.78 is 4.92. The molecule has 0 aromatic carbocycles. The topological polar surface area (TPSA) is 47.6 Å². The van der Waals surface area contributed by atoms with E-state index in [-0.39, 0.29) is 17.4 Å². The zero-order chi connectivity index (χ0) is 10.6. The van der Waals surface area contributed by atoms with Gasteiger partial charge in [0.15, 0.2) is 0 Å². The number of hydrogen-bond acceptors (Lipinski definition) is 4. The quantitative estimate of drug-likeness (QED) is 0.406. The Morgan fingerprint density at radius 3 is 2.79 bits per heavy atom. The van der Waals surface area contributed by atoms with E-state index in [1.54, 1.807) is 6.20 Å². The molecule has 1 saturated carbocycles. The van der Waals surface area contributed by atoms with Crippen molar-refractivity contribution in [3.8, 4) is 0 Å². The second-order valence-electron chi connectivity index (χ2n) is 3.80. The van der Waals surface area contributed by atoms with E-state index in [1.807, 2.05) is 19.9 Å². The molecule has 0 bridgehead atoms. The summed E-state index contributed by atoms with van der Waals surface area (Å²) in [5, 5.41) is 0. The predicted molar refractivity (Wildman–Crippen MR) is 51.0 cm³/mol. The second kappa shape index (κ2) is 4.31. The summed E-state index contributed by atoms with van der Waals surface area (Å²) in [5.41, 5.74) is 5.46. The summed E-state index contributed by atoms with van der Waals surface area (Å²) in [4.78, 5) is 14.8. The van der Waals surface area contributed by atoms with Gasteiger partial charge < -0.3 is 4.74 Å². The summed E-state index contributed by atoms with van der Waals surface area (Å²) in [6.45, 7) is 4.60. The van der Waals surface area contributed by atoms with Gasteiger partial charge in [-0.3, -0.25) is 15.1 Å². The lowest BCUT2D eigenvalue weighted by Crippen LogP contribution is -1.99. The number of carbonyl (C=O) groups is 1. The molecule has 0 aromatic rings. The van der Waals surface area contributed by atoms with Gasteiger partial charge in [-0.1, -0.05) is 13.8 Å². The van der Waals surface area contributed by atoms with Crippen molar-refractivity contribution in [1.82, 2.24) is 5.48 Å². The van der Waals surface area contributed by atoms with Crippen molar-refractivity contribution in [1.29, 1.82) is 0 Å². The Morgan fingerprint density at radius 1 is 1.50 bits per heavy atom. The maximum atomic E-state index is 10.2. The van der Waals surface area contributed by atoms with Crippen LogP contribution >= 0.6 is 0 Å². The lowest BCUT2D eigenvalue weighted by molar-refractivity contribution is -0.130. The van der Waals surface area contributed by atoms with Crippen molar-refractivity contribution in [2.24, 2.45) is 11.3 Å². The van der Waals surface area contributed by atoms with Crippen LogP contribution in [0.3, 0.4) is 0 Å². The number of nitrogens with one attached hydrogen (secondary N) is 1. The normalized spacial score (nSPS) is 27.1. The highest BCUT2D eigenvalue weighted by atomic mass is 16.6. The minimum absolute atomic E-state index is 0.0226. The first-order valence-corrected chi connectivity index (χ1v) is 4.43. The largest absolute Gasteiger partial charge is 0.463 e. The zero-order valence-electron chi connectivity index (χ0n) is 8.61. The maximum Gasteiger partial charge on any atom is 0.293 e. The standard InChI is InChI=1S/C10H15NO3/c1-10(2)8(9(10)14-7-12)5-4-6-11-13-3/h5-9,11H,1-3H3. The minimum atomic E-state index is -0.0246. The van der Waals surface area contributed by atoms with Gasteiger partial charge in [-0.2, -0.15) is 0 Å². The third kappa shape index (κ3) is 2.16. The molecular weight excluding hydrogens is 182 g/mol. The Labute approximate surface area is 83.5 Å². The Kier molecular flexibility index (Phi) is 3.33. The Bertz CT molecular complexity index is 267. The van der Waals surface area contributed by atoms with Crippen LogP contribution < -0.4 is 5.48 Å². The molecule has 4 nitrogen and oxygen atoms in total. The minimum Gasteiger partial charge on any atom is -0.463 e. The Balaban J connectivity index is 2.47. The highest BCUT2D eigenvalue weighted by Gasteiger charge is 2.58. The van der Waals surface area contributed by atoms with Gasteiger partial charge in [0.25, 0.3) is 6.47 Å². The fraction of sp³-hybridized carbons (Fsp3) is 0.600. The van der Waals surface area contributed by atoms with Gasteiger partial charge in [-0.05, 0) is 6.08 Å². The van der Waals surface area contributed by atoms with Crippen LogP contribution in [0.1, 0.15) is 13.8 Å². The molecule has 0 heterocycles. The van der Waals surface area contributed by atoms with Crippen LogP contribution in [0.5, 0.6) is 0 Å². The van der Waals surface area contributed by atoms with Gasteiger partial charge in [0.1, 0.15) is 6.10 Å². The van der Waals surface area contributed by atoms with Gasteiger partial charge in [0.05, 0.1) is 13.3 Å². The van der Waals surface area contributed by atoms with Gasteiger partial charge in [0.2, 0.25) is 0 Å². The first-order chi connectivity index (χ1) is 6.64. The number of hydrogen-bond donors (Lipinski definition) is 1. The summed E-state index contributed by atoms with van der Waals surface area (Å²) in [7, 11) is 1.53. The summed E-state index contributed by atoms with van der Waals surface area (Å²) >= 11 is 0. The number of carbonyl (C=O) groups excluding carboxylic acids is 1. The van der Waals surface area contributed by atoms with Crippen molar-refractivity contribution in [2.75, 3.05) is 7.11 Å². The van der Waals surface area contributed by atoms with Gasteiger partial charge in [-0.25, -0.2) is 0 Å². The van der Waals surface area contributed by atoms with E-state index in [2.05, 4.69) is 16.0 Å². The summed E-state index contributed by atoms with van der Waals surface area (Å²) in [6.07, 6.45) is 3.41. The molecule has 0 radical (unpaired) electrons. The van der Waals surface area contributed by atoms with Crippen molar-refractivity contribution < 1.29 is 14.4 Å². The lowest BCUT2D eigenvalue weighted by atomic mass is 10.1. The molecule has 1 N–H and O–H groups in total. The van der Waals surface area contributed by atoms with E-state index in [0.717, 1.165) is 0 Å². The molecule has 14 heavy (non-hydrogen) atoms. The number of hydroxylamine groups is 1. The fourth-order valence-corrected chi connectivity index (χ4v) is 1.50. The molecule has 2 atom stereocenters. The molecule has 1 fully saturated rings. The number of ether oxygens (including phenoxy) is 1. The van der Waals surface area contributed by atoms with Gasteiger partial charge in [0, 0.05) is 11.3 Å². The van der Waals surface area contributed by atoms with Crippen LogP contribution in [0, 0.1) is 11.3 Å². The van der Waals surface area contributed by atoms with Crippen LogP contribution in [-0.2, 0) is 14.4 Å². The van der Waals surface area contributed by atoms with Crippen LogP contribution in [0.4, 0.5) is 0 Å². The molecule has 4 heteroatoms. The SMILES string of the molecule is CONC=C=CC1C(OC=O)C1(C)C. The third-order valence-electron chi connectivity index (χ3n) is 2.55. The van der Waals surface area contributed by atoms with Crippen LogP contribution in [0.25, 0.3) is 0 Å². The Hall–Kier alpha value is -1.25. The molecule has 0 amide bonds. The van der Waals surface area contributed by atoms with E-state index < -0.39 is 0 Å². The first kappa shape index (κ1) is 10.8. The van der Waals surface area contributed by atoms with E-state index in [1.165, 1.54) is 7.11 Å². The predicted octanol–water partition coefficient (Wildman–Crippen LogP) is 1.00. The first-order valence-electron chi connectivity index (χ1n) is 4.43. The third-order valence-corrected chi connectivity index (χ3v) is 2.55. The summed E-state index contributed by atoms with van der Waals surface area (Å²) in [6, 6.07) is 0. The molecule has 1 aliphatic carbocycles. The van der Waals surface area contributed by atoms with Crippen LogP contribution in [0.15, 0.2) is 18.0 Å². The van der Waals surface area contributed by atoms with Gasteiger partial charge in [-0.15, -0.1) is 5.73 Å². The second-order valence-corrected chi connectivity index (χ2v) is 3.80. The maximum absolute atomic E-state index is 10.2. The zero-order valence-corrected chi connectivity index (χ0v) is 8.61. The van der Waals surface area contributed by atoms with Crippen molar-refractivity contribution in [3.05, 3.63) is 18.0 Å². The fourth-order valence-electron chi connectivity index (χ4n) is 1.50. The van der Waals surface area contributed by atoms with Crippen LogP contribution in [0.2, 0.25) is 0 Å². The van der Waals surface area contributed by atoms with E-state index in [0.29, 0.717) is 6.47 Å². The van der Waals surface area contributed by atoms with Crippen molar-refractivity contribution >= 4 is 6.47 Å². The molecule has 0 spiro atoms. The Morgan fingerprint density at radius 2 is 2.21 bits per heavy atom. The molecule has 1 rings (SSSR count). The average molecular weight is 197 g/mol. The molecule has 0 saturated heterocycles. The molecule has 0 aliphatic heterocycles. The van der Waals surface area contributed by atoms with Crippen LogP contribution in [-0.4, -0.2) is 19.7 Å². The molecular formula is C10H15NO3. The molecule has 78 valence electrons. The molecule has 0 aromatic heterocycles. The monoisotopic (exact) mass is 197 g/mol. The molecule has 1 aliphatic rings. The number of rotatable bonds is 5. The van der Waals surface area contributed by atoms with Crippen molar-refractivity contribution in [3.63, 3.8) is 0 Å². The lowest BCUT2D eigenvalue weighted by Gasteiger charge is -1.97. The highest BCUT2D eigenvalue weighted by molar-refractivity contribution is 5.40. The van der Waals surface area contributed by atoms with E-state index in [4.69, 9.17) is 4.74 Å². The highest BCUT2D eigenvalue weighted by Crippen LogP contribution is 2.54. The molecule has 2 unspecified atom stereocenters. The van der Waals surface area contributed by atoms with Gasteiger partial charge >= 0.3 is 0 Å². The van der Waals surface area contributed by atoms with E-state index in [9.17, 15) is 4.79 Å². The summed E-state index contributed by atoms with van der Waals surface area (Å²) in [5.74, 6) is 0.239. The van der Waals surface area contributed by atoms with E-state index >= 15 is 0 Å². The smallest absolute Gasteiger partial charge is 0.293 e. The average Bonchev–Trinajstić information content (AvgIpc) is 2.64. The van der Waals surface area contributed by atoms with Crippen molar-refractivity contribution in [2.45, 2.75) is 20.0 Å².